The van der Waals surface area contributed by atoms with Gasteiger partial charge in [-0.2, -0.15) is 0 Å². The molecule has 0 aromatic heterocycles. The molecule has 0 aliphatic heterocycles. The number of hydrogen-bond acceptors (Lipinski definition) is 4. The Morgan fingerprint density at radius 1 is 1.39 bits per heavy atom. The molecule has 6 nitrogen and oxygen atoms in total. The minimum Gasteiger partial charge on any atom is -0.507 e. The Labute approximate surface area is 108 Å². The maximum Gasteiger partial charge on any atom is 0.332 e. The van der Waals surface area contributed by atoms with E-state index in [1.807, 2.05) is 0 Å². The molecule has 0 saturated heterocycles. The molecule has 98 valence electrons. The molecule has 0 aliphatic rings. The van der Waals surface area contributed by atoms with E-state index in [1.165, 1.54) is 18.2 Å². The van der Waals surface area contributed by atoms with E-state index in [1.54, 1.807) is 0 Å². The second-order valence-corrected chi connectivity index (χ2v) is 4.00. The zero-order valence-corrected chi connectivity index (χ0v) is 10.0. The first kappa shape index (κ1) is 14.3. The molecule has 0 spiro atoms. The molecule has 18 heavy (non-hydrogen) atoms. The molecular formula is C11H12ClNO5. The summed E-state index contributed by atoms with van der Waals surface area (Å²) in [5.41, 5.74) is -0.00712. The number of benzene rings is 1. The normalized spacial score (nSPS) is 11.9. The molecular weight excluding hydrogens is 262 g/mol. The number of rotatable bonds is 5. The van der Waals surface area contributed by atoms with Gasteiger partial charge in [0.15, 0.2) is 6.10 Å². The monoisotopic (exact) mass is 273 g/mol. The second kappa shape index (κ2) is 6.23. The highest BCUT2D eigenvalue weighted by molar-refractivity contribution is 6.31. The number of carboxylic acid groups (broad SMARTS) is 1. The van der Waals surface area contributed by atoms with Crippen LogP contribution in [0.5, 0.6) is 5.75 Å². The number of hydrogen-bond donors (Lipinski definition) is 4. The minimum atomic E-state index is -1.53. The van der Waals surface area contributed by atoms with Crippen LogP contribution in [0.3, 0.4) is 0 Å². The van der Waals surface area contributed by atoms with Crippen LogP contribution in [-0.4, -0.2) is 39.8 Å². The number of halogens is 1. The standard InChI is InChI=1S/C11H12ClNO5/c12-6-1-2-8(14)7(5-6)10(16)13-4-3-9(15)11(17)18/h1-2,5,9,14-15H,3-4H2,(H,13,16)(H,17,18)/t9-/m0/s1. The van der Waals surface area contributed by atoms with Gasteiger partial charge < -0.3 is 20.6 Å². The molecule has 0 bridgehead atoms. The summed E-state index contributed by atoms with van der Waals surface area (Å²) in [6.07, 6.45) is -1.65. The van der Waals surface area contributed by atoms with Gasteiger partial charge in [-0.05, 0) is 18.2 Å². The largest absolute Gasteiger partial charge is 0.507 e. The molecule has 1 amide bonds. The highest BCUT2D eigenvalue weighted by Crippen LogP contribution is 2.21. The van der Waals surface area contributed by atoms with Gasteiger partial charge in [-0.25, -0.2) is 4.79 Å². The van der Waals surface area contributed by atoms with Crippen molar-refractivity contribution in [2.24, 2.45) is 0 Å². The van der Waals surface area contributed by atoms with Crippen molar-refractivity contribution in [1.29, 1.82) is 0 Å². The molecule has 0 aliphatic carbocycles. The molecule has 0 fully saturated rings. The fraction of sp³-hybridized carbons (Fsp3) is 0.273. The van der Waals surface area contributed by atoms with Crippen LogP contribution in [0.2, 0.25) is 5.02 Å². The molecule has 4 N–H and O–H groups in total. The van der Waals surface area contributed by atoms with E-state index in [2.05, 4.69) is 5.32 Å². The Hall–Kier alpha value is -1.79. The van der Waals surface area contributed by atoms with Gasteiger partial charge in [-0.15, -0.1) is 0 Å². The highest BCUT2D eigenvalue weighted by Gasteiger charge is 2.15. The van der Waals surface area contributed by atoms with Gasteiger partial charge >= 0.3 is 5.97 Å². The molecule has 7 heteroatoms. The number of phenolic OH excluding ortho intramolecular Hbond substituents is 1. The SMILES string of the molecule is O=C(NCC[C@H](O)C(=O)O)c1cc(Cl)ccc1O. The van der Waals surface area contributed by atoms with E-state index < -0.39 is 18.0 Å². The van der Waals surface area contributed by atoms with Crippen molar-refractivity contribution in [2.45, 2.75) is 12.5 Å². The predicted octanol–water partition coefficient (Wildman–Crippen LogP) is 0.611. The number of carboxylic acids is 1. The van der Waals surface area contributed by atoms with Crippen LogP contribution in [0.15, 0.2) is 18.2 Å². The van der Waals surface area contributed by atoms with Crippen LogP contribution in [0.25, 0.3) is 0 Å². The van der Waals surface area contributed by atoms with Crippen molar-refractivity contribution < 1.29 is 24.9 Å². The van der Waals surface area contributed by atoms with Gasteiger partial charge in [0, 0.05) is 18.0 Å². The Bertz CT molecular complexity index is 463. The van der Waals surface area contributed by atoms with Crippen LogP contribution < -0.4 is 5.32 Å². The molecule has 1 rings (SSSR count). The number of amides is 1. The Morgan fingerprint density at radius 2 is 2.06 bits per heavy atom. The zero-order chi connectivity index (χ0) is 13.7. The molecule has 0 saturated carbocycles. The average Bonchev–Trinajstić information content (AvgIpc) is 2.31. The van der Waals surface area contributed by atoms with Gasteiger partial charge in [0.1, 0.15) is 5.75 Å². The third-order valence-electron chi connectivity index (χ3n) is 2.19. The summed E-state index contributed by atoms with van der Waals surface area (Å²) in [5, 5.41) is 29.5. The molecule has 1 aromatic carbocycles. The molecule has 0 radical (unpaired) electrons. The van der Waals surface area contributed by atoms with E-state index >= 15 is 0 Å². The summed E-state index contributed by atoms with van der Waals surface area (Å²) in [6, 6.07) is 4.00. The van der Waals surface area contributed by atoms with Crippen molar-refractivity contribution in [3.63, 3.8) is 0 Å². The average molecular weight is 274 g/mol. The molecule has 1 aromatic rings. The summed E-state index contributed by atoms with van der Waals surface area (Å²) in [6.45, 7) is -0.0295. The summed E-state index contributed by atoms with van der Waals surface area (Å²) < 4.78 is 0. The number of aliphatic hydroxyl groups excluding tert-OH is 1. The number of phenols is 1. The number of carbonyl (C=O) groups is 2. The van der Waals surface area contributed by atoms with Crippen molar-refractivity contribution in [3.05, 3.63) is 28.8 Å². The first-order valence-electron chi connectivity index (χ1n) is 5.09. The summed E-state index contributed by atoms with van der Waals surface area (Å²) in [7, 11) is 0. The van der Waals surface area contributed by atoms with Crippen LogP contribution in [0.4, 0.5) is 0 Å². The van der Waals surface area contributed by atoms with Gasteiger partial charge in [0.25, 0.3) is 5.91 Å². The van der Waals surface area contributed by atoms with E-state index in [0.29, 0.717) is 5.02 Å². The lowest BCUT2D eigenvalue weighted by molar-refractivity contribution is -0.146. The molecule has 0 unspecified atom stereocenters. The Morgan fingerprint density at radius 3 is 2.67 bits per heavy atom. The number of carbonyl (C=O) groups excluding carboxylic acids is 1. The van der Waals surface area contributed by atoms with Gasteiger partial charge in [-0.3, -0.25) is 4.79 Å². The molecule has 0 heterocycles. The predicted molar refractivity (Wildman–Crippen MR) is 63.7 cm³/mol. The summed E-state index contributed by atoms with van der Waals surface area (Å²) in [5.74, 6) is -2.17. The summed E-state index contributed by atoms with van der Waals surface area (Å²) >= 11 is 5.68. The fourth-order valence-corrected chi connectivity index (χ4v) is 1.40. The fourth-order valence-electron chi connectivity index (χ4n) is 1.23. The van der Waals surface area contributed by atoms with E-state index in [4.69, 9.17) is 21.8 Å². The van der Waals surface area contributed by atoms with E-state index in [-0.39, 0.29) is 24.3 Å². The second-order valence-electron chi connectivity index (χ2n) is 3.56. The zero-order valence-electron chi connectivity index (χ0n) is 9.26. The van der Waals surface area contributed by atoms with Crippen molar-refractivity contribution in [2.75, 3.05) is 6.54 Å². The van der Waals surface area contributed by atoms with Gasteiger partial charge in [0.2, 0.25) is 0 Å². The number of aliphatic carboxylic acids is 1. The first-order chi connectivity index (χ1) is 8.41. The number of nitrogens with one attached hydrogen (secondary N) is 1. The number of aliphatic hydroxyl groups is 1. The van der Waals surface area contributed by atoms with Crippen molar-refractivity contribution >= 4 is 23.5 Å². The first-order valence-corrected chi connectivity index (χ1v) is 5.47. The summed E-state index contributed by atoms with van der Waals surface area (Å²) in [4.78, 5) is 21.9. The minimum absolute atomic E-state index is 0.00712. The maximum atomic E-state index is 11.6. The van der Waals surface area contributed by atoms with Crippen LogP contribution in [0.1, 0.15) is 16.8 Å². The van der Waals surface area contributed by atoms with Crippen LogP contribution in [-0.2, 0) is 4.79 Å². The van der Waals surface area contributed by atoms with Crippen molar-refractivity contribution in [3.8, 4) is 5.75 Å². The lowest BCUT2D eigenvalue weighted by atomic mass is 10.2. The van der Waals surface area contributed by atoms with Gasteiger partial charge in [-0.1, -0.05) is 11.6 Å². The lowest BCUT2D eigenvalue weighted by Gasteiger charge is -2.08. The van der Waals surface area contributed by atoms with E-state index in [9.17, 15) is 14.7 Å². The third kappa shape index (κ3) is 3.90. The van der Waals surface area contributed by atoms with Crippen molar-refractivity contribution in [1.82, 2.24) is 5.32 Å². The number of aromatic hydroxyl groups is 1. The topological polar surface area (TPSA) is 107 Å². The quantitative estimate of drug-likeness (QED) is 0.629. The van der Waals surface area contributed by atoms with Gasteiger partial charge in [0.05, 0.1) is 5.56 Å². The van der Waals surface area contributed by atoms with E-state index in [0.717, 1.165) is 0 Å². The van der Waals surface area contributed by atoms with Crippen LogP contribution >= 0.6 is 11.6 Å². The third-order valence-corrected chi connectivity index (χ3v) is 2.43. The lowest BCUT2D eigenvalue weighted by Crippen LogP contribution is -2.30. The maximum absolute atomic E-state index is 11.6. The molecule has 1 atom stereocenters. The Kier molecular flexibility index (Phi) is 4.94. The smallest absolute Gasteiger partial charge is 0.332 e. The van der Waals surface area contributed by atoms with Crippen LogP contribution in [0, 0.1) is 0 Å². The highest BCUT2D eigenvalue weighted by atomic mass is 35.5. The Balaban J connectivity index is 2.55.